The van der Waals surface area contributed by atoms with Crippen molar-refractivity contribution in [3.05, 3.63) is 16.1 Å². The molecule has 0 bridgehead atoms. The van der Waals surface area contributed by atoms with Crippen molar-refractivity contribution in [1.82, 2.24) is 14.8 Å². The van der Waals surface area contributed by atoms with Crippen molar-refractivity contribution < 1.29 is 5.11 Å². The molecule has 0 spiro atoms. The second-order valence-corrected chi connectivity index (χ2v) is 6.50. The molecule has 1 N–H and O–H groups in total. The number of thiazole rings is 1. The maximum atomic E-state index is 10.8. The van der Waals surface area contributed by atoms with Gasteiger partial charge in [-0.1, -0.05) is 20.8 Å². The quantitative estimate of drug-likeness (QED) is 0.874. The molecular formula is C15H27N3OS. The average Bonchev–Trinajstić information content (AvgIpc) is 2.95. The van der Waals surface area contributed by atoms with E-state index in [1.54, 1.807) is 11.3 Å². The van der Waals surface area contributed by atoms with Crippen LogP contribution in [0.4, 0.5) is 0 Å². The largest absolute Gasteiger partial charge is 0.383 e. The molecule has 1 aromatic rings. The van der Waals surface area contributed by atoms with Crippen LogP contribution in [-0.4, -0.2) is 52.6 Å². The lowest BCUT2D eigenvalue weighted by atomic mass is 9.89. The fourth-order valence-corrected chi connectivity index (χ4v) is 3.66. The van der Waals surface area contributed by atoms with Crippen LogP contribution in [0.1, 0.15) is 44.3 Å². The predicted molar refractivity (Wildman–Crippen MR) is 84.0 cm³/mol. The minimum Gasteiger partial charge on any atom is -0.383 e. The molecule has 1 aliphatic heterocycles. The van der Waals surface area contributed by atoms with Gasteiger partial charge in [0.1, 0.15) is 10.6 Å². The van der Waals surface area contributed by atoms with Crippen molar-refractivity contribution >= 4 is 11.3 Å². The summed E-state index contributed by atoms with van der Waals surface area (Å²) >= 11 is 1.68. The van der Waals surface area contributed by atoms with E-state index in [1.165, 1.54) is 0 Å². The Morgan fingerprint density at radius 1 is 1.30 bits per heavy atom. The fourth-order valence-electron chi connectivity index (χ4n) is 2.73. The molecule has 0 aliphatic carbocycles. The molecule has 0 amide bonds. The highest BCUT2D eigenvalue weighted by molar-refractivity contribution is 7.09. The molecule has 4 nitrogen and oxygen atoms in total. The van der Waals surface area contributed by atoms with Gasteiger partial charge in [0, 0.05) is 18.5 Å². The summed E-state index contributed by atoms with van der Waals surface area (Å²) in [6.45, 7) is 12.5. The Balaban J connectivity index is 2.01. The van der Waals surface area contributed by atoms with Gasteiger partial charge in [0.05, 0.1) is 12.2 Å². The van der Waals surface area contributed by atoms with Crippen molar-refractivity contribution in [2.75, 3.05) is 32.7 Å². The number of rotatable bonds is 6. The smallest absolute Gasteiger partial charge is 0.110 e. The summed E-state index contributed by atoms with van der Waals surface area (Å²) in [7, 11) is 0. The molecule has 0 saturated carbocycles. The average molecular weight is 297 g/mol. The summed E-state index contributed by atoms with van der Waals surface area (Å²) in [4.78, 5) is 9.44. The molecule has 0 unspecified atom stereocenters. The molecule has 0 atom stereocenters. The van der Waals surface area contributed by atoms with Crippen LogP contribution in [0.15, 0.2) is 5.38 Å². The number of aliphatic hydroxyl groups is 1. The fraction of sp³-hybridized carbons (Fsp3) is 0.800. The first-order valence-electron chi connectivity index (χ1n) is 7.73. The van der Waals surface area contributed by atoms with Gasteiger partial charge in [-0.25, -0.2) is 4.98 Å². The maximum absolute atomic E-state index is 10.8. The summed E-state index contributed by atoms with van der Waals surface area (Å²) in [5.74, 6) is 0. The number of piperidine rings is 1. The third-order valence-electron chi connectivity index (χ3n) is 4.41. The highest BCUT2D eigenvalue weighted by atomic mass is 32.1. The van der Waals surface area contributed by atoms with Crippen molar-refractivity contribution in [1.29, 1.82) is 0 Å². The van der Waals surface area contributed by atoms with Gasteiger partial charge < -0.3 is 10.0 Å². The molecule has 0 radical (unpaired) electrons. The van der Waals surface area contributed by atoms with Crippen molar-refractivity contribution in [3.8, 4) is 0 Å². The first kappa shape index (κ1) is 15.9. The van der Waals surface area contributed by atoms with Crippen molar-refractivity contribution in [3.63, 3.8) is 0 Å². The van der Waals surface area contributed by atoms with E-state index >= 15 is 0 Å². The van der Waals surface area contributed by atoms with E-state index in [0.29, 0.717) is 0 Å². The summed E-state index contributed by atoms with van der Waals surface area (Å²) in [6.07, 6.45) is 1.60. The molecule has 5 heteroatoms. The molecular weight excluding hydrogens is 270 g/mol. The monoisotopic (exact) mass is 297 g/mol. The number of hydrogen-bond donors (Lipinski definition) is 1. The normalized spacial score (nSPS) is 19.6. The lowest BCUT2D eigenvalue weighted by molar-refractivity contribution is -0.0278. The van der Waals surface area contributed by atoms with Gasteiger partial charge in [0.25, 0.3) is 0 Å². The summed E-state index contributed by atoms with van der Waals surface area (Å²) in [5.41, 5.74) is 0.185. The topological polar surface area (TPSA) is 39.6 Å². The third kappa shape index (κ3) is 3.58. The zero-order valence-electron chi connectivity index (χ0n) is 12.9. The Labute approximate surface area is 126 Å². The maximum Gasteiger partial charge on any atom is 0.110 e. The Morgan fingerprint density at radius 3 is 2.50 bits per heavy atom. The van der Waals surface area contributed by atoms with Gasteiger partial charge in [-0.3, -0.25) is 4.90 Å². The molecule has 0 aromatic carbocycles. The van der Waals surface area contributed by atoms with Gasteiger partial charge in [0.2, 0.25) is 0 Å². The van der Waals surface area contributed by atoms with Gasteiger partial charge >= 0.3 is 0 Å². The van der Waals surface area contributed by atoms with Crippen LogP contribution in [-0.2, 0) is 12.1 Å². The number of aromatic nitrogens is 1. The predicted octanol–water partition coefficient (Wildman–Crippen LogP) is 2.29. The highest BCUT2D eigenvalue weighted by Gasteiger charge is 2.35. The number of nitrogens with zero attached hydrogens (tertiary/aromatic N) is 3. The second kappa shape index (κ2) is 6.98. The summed E-state index contributed by atoms with van der Waals surface area (Å²) in [6, 6.07) is 0. The van der Waals surface area contributed by atoms with Crippen molar-refractivity contribution in [2.24, 2.45) is 0 Å². The lowest BCUT2D eigenvalue weighted by Crippen LogP contribution is -2.42. The Bertz CT molecular complexity index is 409. The van der Waals surface area contributed by atoms with E-state index in [4.69, 9.17) is 4.98 Å². The van der Waals surface area contributed by atoms with E-state index in [9.17, 15) is 5.11 Å². The molecule has 1 fully saturated rings. The molecule has 1 saturated heterocycles. The Hall–Kier alpha value is -0.490. The lowest BCUT2D eigenvalue weighted by Gasteiger charge is -2.36. The molecule has 2 heterocycles. The number of hydrogen-bond acceptors (Lipinski definition) is 5. The van der Waals surface area contributed by atoms with Gasteiger partial charge in [-0.2, -0.15) is 0 Å². The Morgan fingerprint density at radius 2 is 1.95 bits per heavy atom. The SMILES string of the molecule is CCN1CCC(O)(c2csc(CN(CC)CC)n2)CC1. The van der Waals surface area contributed by atoms with Crippen LogP contribution in [0.25, 0.3) is 0 Å². The minimum absolute atomic E-state index is 0.705. The van der Waals surface area contributed by atoms with E-state index in [-0.39, 0.29) is 0 Å². The van der Waals surface area contributed by atoms with E-state index in [0.717, 1.165) is 62.8 Å². The standard InChI is InChI=1S/C15H27N3OS/c1-4-17(5-2)11-14-16-13(12-20-14)15(19)7-9-18(6-3)10-8-15/h12,19H,4-11H2,1-3H3. The molecule has 2 rings (SSSR count). The molecule has 1 aliphatic rings. The van der Waals surface area contributed by atoms with Gasteiger partial charge in [-0.05, 0) is 32.5 Å². The van der Waals surface area contributed by atoms with E-state index in [1.807, 2.05) is 0 Å². The minimum atomic E-state index is -0.705. The first-order chi connectivity index (χ1) is 9.61. The van der Waals surface area contributed by atoms with Crippen LogP contribution in [0.3, 0.4) is 0 Å². The van der Waals surface area contributed by atoms with E-state index in [2.05, 4.69) is 36.0 Å². The highest BCUT2D eigenvalue weighted by Crippen LogP contribution is 2.33. The summed E-state index contributed by atoms with van der Waals surface area (Å²) < 4.78 is 0. The van der Waals surface area contributed by atoms with Crippen molar-refractivity contribution in [2.45, 2.75) is 45.8 Å². The van der Waals surface area contributed by atoms with Crippen LogP contribution < -0.4 is 0 Å². The van der Waals surface area contributed by atoms with Crippen LogP contribution >= 0.6 is 11.3 Å². The van der Waals surface area contributed by atoms with Crippen LogP contribution in [0.2, 0.25) is 0 Å². The zero-order valence-corrected chi connectivity index (χ0v) is 13.7. The zero-order chi connectivity index (χ0) is 14.6. The van der Waals surface area contributed by atoms with Gasteiger partial charge in [-0.15, -0.1) is 11.3 Å². The van der Waals surface area contributed by atoms with Crippen LogP contribution in [0.5, 0.6) is 0 Å². The van der Waals surface area contributed by atoms with Gasteiger partial charge in [0.15, 0.2) is 0 Å². The van der Waals surface area contributed by atoms with Crippen LogP contribution in [0, 0.1) is 0 Å². The van der Waals surface area contributed by atoms with E-state index < -0.39 is 5.60 Å². The third-order valence-corrected chi connectivity index (χ3v) is 5.25. The second-order valence-electron chi connectivity index (χ2n) is 5.55. The molecule has 114 valence electrons. The summed E-state index contributed by atoms with van der Waals surface area (Å²) in [5, 5.41) is 14.0. The first-order valence-corrected chi connectivity index (χ1v) is 8.61. The molecule has 20 heavy (non-hydrogen) atoms. The Kier molecular flexibility index (Phi) is 5.55. The number of likely N-dealkylation sites (tertiary alicyclic amines) is 1. The molecule has 1 aromatic heterocycles.